The summed E-state index contributed by atoms with van der Waals surface area (Å²) in [6, 6.07) is 0.629. The number of thioether (sulfide) groups is 1. The van der Waals surface area contributed by atoms with Crippen LogP contribution in [0.3, 0.4) is 0 Å². The van der Waals surface area contributed by atoms with Crippen molar-refractivity contribution in [2.45, 2.75) is 57.5 Å². The predicted octanol–water partition coefficient (Wildman–Crippen LogP) is 2.97. The van der Waals surface area contributed by atoms with Crippen LogP contribution < -0.4 is 5.73 Å². The molecule has 0 aromatic heterocycles. The van der Waals surface area contributed by atoms with Crippen molar-refractivity contribution in [2.24, 2.45) is 11.7 Å². The summed E-state index contributed by atoms with van der Waals surface area (Å²) in [6.45, 7) is 5.48. The number of nitrogens with zero attached hydrogens (tertiary/aromatic N) is 1. The molecule has 0 saturated heterocycles. The van der Waals surface area contributed by atoms with E-state index in [1.54, 1.807) is 0 Å². The van der Waals surface area contributed by atoms with E-state index in [0.29, 0.717) is 6.04 Å². The molecule has 1 fully saturated rings. The molecule has 3 heteroatoms. The van der Waals surface area contributed by atoms with E-state index in [0.717, 1.165) is 12.5 Å². The summed E-state index contributed by atoms with van der Waals surface area (Å²) >= 11 is 1.94. The van der Waals surface area contributed by atoms with Gasteiger partial charge in [0.25, 0.3) is 0 Å². The van der Waals surface area contributed by atoms with E-state index in [9.17, 15) is 0 Å². The topological polar surface area (TPSA) is 29.3 Å². The first-order chi connectivity index (χ1) is 8.09. The van der Waals surface area contributed by atoms with Gasteiger partial charge < -0.3 is 5.73 Å². The van der Waals surface area contributed by atoms with Gasteiger partial charge in [-0.3, -0.25) is 4.90 Å². The molecule has 0 aliphatic heterocycles. The van der Waals surface area contributed by atoms with Crippen molar-refractivity contribution in [3.63, 3.8) is 0 Å². The smallest absolute Gasteiger partial charge is 0.0334 e. The van der Waals surface area contributed by atoms with E-state index in [1.165, 1.54) is 37.9 Å². The Balaban J connectivity index is 2.72. The SMILES string of the molecule is CCC1CCCC(CN)(N(C)C(C)CSC)C1. The Hall–Kier alpha value is 0.270. The molecule has 0 aromatic rings. The normalized spacial score (nSPS) is 31.8. The predicted molar refractivity (Wildman–Crippen MR) is 79.6 cm³/mol. The van der Waals surface area contributed by atoms with Crippen LogP contribution >= 0.6 is 11.8 Å². The van der Waals surface area contributed by atoms with Gasteiger partial charge in [0.15, 0.2) is 0 Å². The van der Waals surface area contributed by atoms with Crippen LogP contribution in [0.2, 0.25) is 0 Å². The summed E-state index contributed by atoms with van der Waals surface area (Å²) in [5.41, 5.74) is 6.41. The van der Waals surface area contributed by atoms with E-state index in [1.807, 2.05) is 11.8 Å². The average Bonchev–Trinajstić information content (AvgIpc) is 2.38. The average molecular weight is 258 g/mol. The number of rotatable bonds is 6. The van der Waals surface area contributed by atoms with E-state index in [-0.39, 0.29) is 5.54 Å². The Labute approximate surface area is 112 Å². The maximum atomic E-state index is 6.14. The first-order valence-corrected chi connectivity index (χ1v) is 8.41. The third-order valence-corrected chi connectivity index (χ3v) is 5.51. The van der Waals surface area contributed by atoms with E-state index in [2.05, 4.69) is 32.1 Å². The van der Waals surface area contributed by atoms with E-state index < -0.39 is 0 Å². The Bertz CT molecular complexity index is 222. The van der Waals surface area contributed by atoms with Gasteiger partial charge in [-0.05, 0) is 39.0 Å². The van der Waals surface area contributed by atoms with Gasteiger partial charge in [0, 0.05) is 23.9 Å². The molecule has 17 heavy (non-hydrogen) atoms. The first kappa shape index (κ1) is 15.3. The van der Waals surface area contributed by atoms with Crippen LogP contribution in [0, 0.1) is 5.92 Å². The molecule has 0 bridgehead atoms. The molecule has 0 amide bonds. The lowest BCUT2D eigenvalue weighted by Crippen LogP contribution is -2.58. The lowest BCUT2D eigenvalue weighted by molar-refractivity contribution is 0.0351. The standard InChI is InChI=1S/C14H30N2S/c1-5-13-7-6-8-14(9-13,11-15)16(3)12(2)10-17-4/h12-13H,5-11,15H2,1-4H3. The van der Waals surface area contributed by atoms with Crippen LogP contribution in [0.15, 0.2) is 0 Å². The molecule has 0 radical (unpaired) electrons. The zero-order chi connectivity index (χ0) is 12.9. The summed E-state index contributed by atoms with van der Waals surface area (Å²) in [4.78, 5) is 2.57. The van der Waals surface area contributed by atoms with Crippen molar-refractivity contribution in [1.29, 1.82) is 0 Å². The van der Waals surface area contributed by atoms with Crippen molar-refractivity contribution >= 4 is 11.8 Å². The lowest BCUT2D eigenvalue weighted by atomic mass is 9.73. The summed E-state index contributed by atoms with van der Waals surface area (Å²) in [5, 5.41) is 0. The van der Waals surface area contributed by atoms with Gasteiger partial charge in [-0.25, -0.2) is 0 Å². The van der Waals surface area contributed by atoms with Crippen molar-refractivity contribution in [3.05, 3.63) is 0 Å². The first-order valence-electron chi connectivity index (χ1n) is 7.01. The van der Waals surface area contributed by atoms with Crippen LogP contribution in [0.5, 0.6) is 0 Å². The maximum absolute atomic E-state index is 6.14. The Morgan fingerprint density at radius 1 is 1.53 bits per heavy atom. The minimum Gasteiger partial charge on any atom is -0.329 e. The highest BCUT2D eigenvalue weighted by molar-refractivity contribution is 7.98. The highest BCUT2D eigenvalue weighted by atomic mass is 32.2. The van der Waals surface area contributed by atoms with Gasteiger partial charge in [-0.2, -0.15) is 11.8 Å². The molecule has 0 spiro atoms. The van der Waals surface area contributed by atoms with Crippen LogP contribution in [0.1, 0.15) is 46.0 Å². The van der Waals surface area contributed by atoms with Crippen molar-refractivity contribution in [3.8, 4) is 0 Å². The zero-order valence-electron chi connectivity index (χ0n) is 12.0. The molecule has 0 heterocycles. The second-order valence-electron chi connectivity index (χ2n) is 5.71. The second-order valence-corrected chi connectivity index (χ2v) is 6.63. The highest BCUT2D eigenvalue weighted by Crippen LogP contribution is 2.38. The maximum Gasteiger partial charge on any atom is 0.0334 e. The van der Waals surface area contributed by atoms with E-state index >= 15 is 0 Å². The van der Waals surface area contributed by atoms with Gasteiger partial charge >= 0.3 is 0 Å². The number of likely N-dealkylation sites (N-methyl/N-ethyl adjacent to an activating group) is 1. The number of hydrogen-bond donors (Lipinski definition) is 1. The molecular formula is C14H30N2S. The summed E-state index contributed by atoms with van der Waals surface area (Å²) < 4.78 is 0. The van der Waals surface area contributed by atoms with E-state index in [4.69, 9.17) is 5.73 Å². The third kappa shape index (κ3) is 3.62. The van der Waals surface area contributed by atoms with Gasteiger partial charge in [0.2, 0.25) is 0 Å². The fraction of sp³-hybridized carbons (Fsp3) is 1.00. The molecule has 3 unspecified atom stereocenters. The van der Waals surface area contributed by atoms with Gasteiger partial charge in [0.1, 0.15) is 0 Å². The van der Waals surface area contributed by atoms with Crippen molar-refractivity contribution in [1.82, 2.24) is 4.90 Å². The molecule has 1 aliphatic carbocycles. The molecule has 1 saturated carbocycles. The zero-order valence-corrected chi connectivity index (χ0v) is 12.9. The fourth-order valence-electron chi connectivity index (χ4n) is 3.28. The molecule has 102 valence electrons. The Morgan fingerprint density at radius 2 is 2.24 bits per heavy atom. The summed E-state index contributed by atoms with van der Waals surface area (Å²) in [7, 11) is 2.28. The quantitative estimate of drug-likeness (QED) is 0.794. The van der Waals surface area contributed by atoms with Gasteiger partial charge in [-0.1, -0.05) is 26.2 Å². The van der Waals surface area contributed by atoms with Crippen molar-refractivity contribution < 1.29 is 0 Å². The van der Waals surface area contributed by atoms with Crippen LogP contribution in [-0.4, -0.2) is 42.1 Å². The molecule has 1 rings (SSSR count). The second kappa shape index (κ2) is 7.01. The molecule has 2 nitrogen and oxygen atoms in total. The van der Waals surface area contributed by atoms with Crippen LogP contribution in [0.25, 0.3) is 0 Å². The molecular weight excluding hydrogens is 228 g/mol. The lowest BCUT2D eigenvalue weighted by Gasteiger charge is -2.49. The van der Waals surface area contributed by atoms with Gasteiger partial charge in [0.05, 0.1) is 0 Å². The number of hydrogen-bond acceptors (Lipinski definition) is 3. The monoisotopic (exact) mass is 258 g/mol. The van der Waals surface area contributed by atoms with Gasteiger partial charge in [-0.15, -0.1) is 0 Å². The fourth-order valence-corrected chi connectivity index (χ4v) is 3.99. The highest BCUT2D eigenvalue weighted by Gasteiger charge is 2.39. The minimum absolute atomic E-state index is 0.272. The Kier molecular flexibility index (Phi) is 6.32. The summed E-state index contributed by atoms with van der Waals surface area (Å²) in [5.74, 6) is 2.09. The molecule has 2 N–H and O–H groups in total. The third-order valence-electron chi connectivity index (χ3n) is 4.70. The largest absolute Gasteiger partial charge is 0.329 e. The van der Waals surface area contributed by atoms with Crippen LogP contribution in [-0.2, 0) is 0 Å². The molecule has 1 aliphatic rings. The summed E-state index contributed by atoms with van der Waals surface area (Å²) in [6.07, 6.45) is 8.85. The minimum atomic E-state index is 0.272. The molecule has 3 atom stereocenters. The van der Waals surface area contributed by atoms with Crippen molar-refractivity contribution in [2.75, 3.05) is 25.6 Å². The van der Waals surface area contributed by atoms with Crippen LogP contribution in [0.4, 0.5) is 0 Å². The molecule has 0 aromatic carbocycles. The number of nitrogens with two attached hydrogens (primary N) is 1. The Morgan fingerprint density at radius 3 is 2.76 bits per heavy atom.